The number of ether oxygens (including phenoxy) is 2. The van der Waals surface area contributed by atoms with E-state index in [-0.39, 0.29) is 6.04 Å². The minimum Gasteiger partial charge on any atom is -0.496 e. The Morgan fingerprint density at radius 3 is 2.60 bits per heavy atom. The number of methoxy groups -OCH3 is 2. The minimum atomic E-state index is 0.224. The van der Waals surface area contributed by atoms with Crippen molar-refractivity contribution in [1.29, 1.82) is 0 Å². The van der Waals surface area contributed by atoms with Gasteiger partial charge in [0.1, 0.15) is 5.75 Å². The molecule has 2 N–H and O–H groups in total. The quantitative estimate of drug-likeness (QED) is 0.488. The molecule has 0 saturated carbocycles. The summed E-state index contributed by atoms with van der Waals surface area (Å²) in [5.74, 6) is 2.31. The lowest BCUT2D eigenvalue weighted by Gasteiger charge is -2.30. The Kier molecular flexibility index (Phi) is 8.32. The van der Waals surface area contributed by atoms with E-state index in [1.54, 1.807) is 14.2 Å². The van der Waals surface area contributed by atoms with E-state index in [1.807, 2.05) is 30.3 Å². The number of nitrogens with one attached hydrogen (secondary N) is 2. The zero-order valence-electron chi connectivity index (χ0n) is 18.2. The van der Waals surface area contributed by atoms with E-state index in [9.17, 15) is 0 Å². The van der Waals surface area contributed by atoms with Gasteiger partial charge in [0.05, 0.1) is 32.5 Å². The third-order valence-electron chi connectivity index (χ3n) is 5.28. The zero-order chi connectivity index (χ0) is 21.2. The maximum absolute atomic E-state index is 5.65. The number of aliphatic imine (C=N–C) groups is 1. The Morgan fingerprint density at radius 1 is 1.07 bits per heavy atom. The number of rotatable bonds is 9. The number of hydrogen-bond donors (Lipinski definition) is 2. The van der Waals surface area contributed by atoms with Crippen molar-refractivity contribution in [2.45, 2.75) is 32.4 Å². The molecule has 162 valence electrons. The molecule has 1 aromatic carbocycles. The summed E-state index contributed by atoms with van der Waals surface area (Å²) in [6, 6.07) is 14.2. The smallest absolute Gasteiger partial charge is 0.213 e. The predicted octanol–water partition coefficient (Wildman–Crippen LogP) is 2.99. The van der Waals surface area contributed by atoms with Gasteiger partial charge >= 0.3 is 0 Å². The molecule has 2 aromatic rings. The summed E-state index contributed by atoms with van der Waals surface area (Å²) in [5.41, 5.74) is 2.08. The van der Waals surface area contributed by atoms with Gasteiger partial charge in [0.2, 0.25) is 5.88 Å². The molecule has 0 spiro atoms. The lowest BCUT2D eigenvalue weighted by atomic mass is 10.0. The number of aromatic nitrogens is 1. The van der Waals surface area contributed by atoms with Gasteiger partial charge < -0.3 is 20.1 Å². The summed E-state index contributed by atoms with van der Waals surface area (Å²) < 4.78 is 10.9. The van der Waals surface area contributed by atoms with Crippen LogP contribution in [0.3, 0.4) is 0 Å². The van der Waals surface area contributed by atoms with Crippen molar-refractivity contribution < 1.29 is 9.47 Å². The van der Waals surface area contributed by atoms with Crippen molar-refractivity contribution in [2.75, 3.05) is 40.4 Å². The highest BCUT2D eigenvalue weighted by molar-refractivity contribution is 5.79. The Morgan fingerprint density at radius 2 is 1.87 bits per heavy atom. The molecule has 7 heteroatoms. The molecule has 1 aromatic heterocycles. The molecule has 1 aliphatic heterocycles. The summed E-state index contributed by atoms with van der Waals surface area (Å²) >= 11 is 0. The topological polar surface area (TPSA) is 71.0 Å². The van der Waals surface area contributed by atoms with E-state index in [0.717, 1.165) is 43.6 Å². The number of likely N-dealkylation sites (tertiary alicyclic amines) is 1. The van der Waals surface area contributed by atoms with Crippen LogP contribution in [0.5, 0.6) is 11.6 Å². The second-order valence-corrected chi connectivity index (χ2v) is 7.25. The van der Waals surface area contributed by atoms with Gasteiger partial charge in [-0.2, -0.15) is 0 Å². The molecule has 1 aliphatic rings. The third-order valence-corrected chi connectivity index (χ3v) is 5.28. The Labute approximate surface area is 179 Å². The predicted molar refractivity (Wildman–Crippen MR) is 120 cm³/mol. The first kappa shape index (κ1) is 21.9. The van der Waals surface area contributed by atoms with Crippen molar-refractivity contribution in [3.63, 3.8) is 0 Å². The Hall–Kier alpha value is -2.80. The number of hydrogen-bond acceptors (Lipinski definition) is 5. The van der Waals surface area contributed by atoms with Crippen molar-refractivity contribution in [3.8, 4) is 11.6 Å². The minimum absolute atomic E-state index is 0.224. The fourth-order valence-corrected chi connectivity index (χ4v) is 3.79. The zero-order valence-corrected chi connectivity index (χ0v) is 18.2. The van der Waals surface area contributed by atoms with Gasteiger partial charge in [0.25, 0.3) is 0 Å². The largest absolute Gasteiger partial charge is 0.496 e. The van der Waals surface area contributed by atoms with Gasteiger partial charge in [-0.1, -0.05) is 24.3 Å². The Bertz CT molecular complexity index is 821. The van der Waals surface area contributed by atoms with Crippen LogP contribution >= 0.6 is 0 Å². The maximum atomic E-state index is 5.65. The molecule has 1 fully saturated rings. The molecular formula is C23H33N5O2. The second kappa shape index (κ2) is 11.4. The van der Waals surface area contributed by atoms with Crippen LogP contribution in [0.1, 0.15) is 37.1 Å². The van der Waals surface area contributed by atoms with Crippen LogP contribution in [0.15, 0.2) is 47.5 Å². The summed E-state index contributed by atoms with van der Waals surface area (Å²) in [5, 5.41) is 6.87. The molecule has 0 bridgehead atoms. The SMILES string of the molecule is CCNC(=NCc1cccc(OC)n1)NCC(c1ccccc1OC)N1CCCC1. The highest BCUT2D eigenvalue weighted by atomic mass is 16.5. The summed E-state index contributed by atoms with van der Waals surface area (Å²) in [6.45, 7) is 6.30. The number of nitrogens with zero attached hydrogens (tertiary/aromatic N) is 3. The van der Waals surface area contributed by atoms with Crippen LogP contribution in [0.25, 0.3) is 0 Å². The van der Waals surface area contributed by atoms with Crippen LogP contribution in [-0.4, -0.2) is 56.2 Å². The lowest BCUT2D eigenvalue weighted by Crippen LogP contribution is -2.42. The molecule has 3 rings (SSSR count). The fourth-order valence-electron chi connectivity index (χ4n) is 3.79. The van der Waals surface area contributed by atoms with E-state index < -0.39 is 0 Å². The van der Waals surface area contributed by atoms with Crippen LogP contribution in [0.4, 0.5) is 0 Å². The van der Waals surface area contributed by atoms with Crippen LogP contribution in [0.2, 0.25) is 0 Å². The number of pyridine rings is 1. The van der Waals surface area contributed by atoms with E-state index >= 15 is 0 Å². The van der Waals surface area contributed by atoms with Crippen LogP contribution in [0, 0.1) is 0 Å². The molecule has 2 heterocycles. The molecule has 1 unspecified atom stereocenters. The molecule has 0 radical (unpaired) electrons. The first-order valence-electron chi connectivity index (χ1n) is 10.6. The fraction of sp³-hybridized carbons (Fsp3) is 0.478. The van der Waals surface area contributed by atoms with Gasteiger partial charge in [-0.05, 0) is 45.0 Å². The molecule has 0 aliphatic carbocycles. The average Bonchev–Trinajstić information content (AvgIpc) is 3.32. The first-order chi connectivity index (χ1) is 14.7. The van der Waals surface area contributed by atoms with E-state index in [1.165, 1.54) is 18.4 Å². The van der Waals surface area contributed by atoms with Gasteiger partial charge in [-0.25, -0.2) is 9.98 Å². The van der Waals surface area contributed by atoms with Crippen molar-refractivity contribution in [2.24, 2.45) is 4.99 Å². The third kappa shape index (κ3) is 5.86. The summed E-state index contributed by atoms with van der Waals surface area (Å²) in [6.07, 6.45) is 2.47. The molecule has 1 saturated heterocycles. The lowest BCUT2D eigenvalue weighted by molar-refractivity contribution is 0.239. The van der Waals surface area contributed by atoms with E-state index in [2.05, 4.69) is 39.6 Å². The van der Waals surface area contributed by atoms with Crippen molar-refractivity contribution >= 4 is 5.96 Å². The van der Waals surface area contributed by atoms with Crippen LogP contribution < -0.4 is 20.1 Å². The van der Waals surface area contributed by atoms with Crippen LogP contribution in [-0.2, 0) is 6.54 Å². The maximum Gasteiger partial charge on any atom is 0.213 e. The summed E-state index contributed by atoms with van der Waals surface area (Å²) in [7, 11) is 3.36. The number of benzene rings is 1. The second-order valence-electron chi connectivity index (χ2n) is 7.25. The van der Waals surface area contributed by atoms with Gasteiger partial charge in [-0.3, -0.25) is 4.90 Å². The highest BCUT2D eigenvalue weighted by Crippen LogP contribution is 2.31. The number of guanidine groups is 1. The normalized spacial score (nSPS) is 15.6. The van der Waals surface area contributed by atoms with Gasteiger partial charge in [0.15, 0.2) is 5.96 Å². The van der Waals surface area contributed by atoms with Crippen molar-refractivity contribution in [3.05, 3.63) is 53.7 Å². The monoisotopic (exact) mass is 411 g/mol. The average molecular weight is 412 g/mol. The first-order valence-corrected chi connectivity index (χ1v) is 10.6. The standard InChI is InChI=1S/C23H33N5O2/c1-4-24-23(25-16-18-10-9-13-22(27-18)30-3)26-17-20(28-14-7-8-15-28)19-11-5-6-12-21(19)29-2/h5-6,9-13,20H,4,7-8,14-17H2,1-3H3,(H2,24,25,26). The highest BCUT2D eigenvalue weighted by Gasteiger charge is 2.26. The molecule has 30 heavy (non-hydrogen) atoms. The van der Waals surface area contributed by atoms with Crippen molar-refractivity contribution in [1.82, 2.24) is 20.5 Å². The van der Waals surface area contributed by atoms with Gasteiger partial charge in [-0.15, -0.1) is 0 Å². The summed E-state index contributed by atoms with van der Waals surface area (Å²) in [4.78, 5) is 11.7. The van der Waals surface area contributed by atoms with Gasteiger partial charge in [0, 0.05) is 24.7 Å². The molecule has 0 amide bonds. The number of para-hydroxylation sites is 1. The molecular weight excluding hydrogens is 378 g/mol. The van der Waals surface area contributed by atoms with E-state index in [4.69, 9.17) is 14.5 Å². The molecule has 7 nitrogen and oxygen atoms in total. The van der Waals surface area contributed by atoms with E-state index in [0.29, 0.717) is 12.4 Å². The molecule has 1 atom stereocenters. The Balaban J connectivity index is 1.73.